The van der Waals surface area contributed by atoms with Gasteiger partial charge in [-0.15, -0.1) is 0 Å². The van der Waals surface area contributed by atoms with Gasteiger partial charge in [0.15, 0.2) is 5.75 Å². The van der Waals surface area contributed by atoms with E-state index in [4.69, 9.17) is 27.9 Å². The molecule has 3 nitrogen and oxygen atoms in total. The number of nitrogens with one attached hydrogen (secondary N) is 1. The van der Waals surface area contributed by atoms with Crippen molar-refractivity contribution in [2.24, 2.45) is 0 Å². The number of amides is 1. The molecule has 5 heteroatoms. The van der Waals surface area contributed by atoms with Crippen molar-refractivity contribution in [3.8, 4) is 11.5 Å². The summed E-state index contributed by atoms with van der Waals surface area (Å²) in [6, 6.07) is 22.0. The lowest BCUT2D eigenvalue weighted by Gasteiger charge is -2.13. The smallest absolute Gasteiger partial charge is 0.224 e. The highest BCUT2D eigenvalue weighted by Crippen LogP contribution is 2.32. The van der Waals surface area contributed by atoms with Gasteiger partial charge in [-0.25, -0.2) is 0 Å². The Balaban J connectivity index is 1.67. The van der Waals surface area contributed by atoms with E-state index >= 15 is 0 Å². The van der Waals surface area contributed by atoms with Crippen molar-refractivity contribution >= 4 is 34.8 Å². The van der Waals surface area contributed by atoms with E-state index in [0.29, 0.717) is 40.1 Å². The van der Waals surface area contributed by atoms with Gasteiger partial charge in [-0.3, -0.25) is 4.79 Å². The first-order valence-corrected chi connectivity index (χ1v) is 8.92. The summed E-state index contributed by atoms with van der Waals surface area (Å²) in [6.07, 6.45) is 0.970. The van der Waals surface area contributed by atoms with Crippen LogP contribution in [0, 0.1) is 0 Å². The lowest BCUT2D eigenvalue weighted by atomic mass is 10.1. The zero-order valence-corrected chi connectivity index (χ0v) is 15.4. The van der Waals surface area contributed by atoms with Gasteiger partial charge in [-0.05, 0) is 54.4 Å². The average Bonchev–Trinajstić information content (AvgIpc) is 2.64. The molecular weight excluding hydrogens is 369 g/mol. The monoisotopic (exact) mass is 385 g/mol. The molecule has 0 heterocycles. The van der Waals surface area contributed by atoms with Crippen LogP contribution in [0.25, 0.3) is 0 Å². The normalized spacial score (nSPS) is 10.4. The molecule has 3 aromatic carbocycles. The number of hydrogen-bond donors (Lipinski definition) is 1. The molecule has 0 unspecified atom stereocenters. The third-order valence-electron chi connectivity index (χ3n) is 3.74. The van der Waals surface area contributed by atoms with Crippen LogP contribution in [0.15, 0.2) is 72.8 Å². The summed E-state index contributed by atoms with van der Waals surface area (Å²) in [6.45, 7) is 0. The first kappa shape index (κ1) is 18.3. The molecule has 1 N–H and O–H groups in total. The van der Waals surface area contributed by atoms with Gasteiger partial charge >= 0.3 is 0 Å². The first-order chi connectivity index (χ1) is 12.6. The molecule has 0 aliphatic rings. The SMILES string of the molecule is O=C(CCc1ccc(Cl)cc1)Nc1cc(Cl)ccc1Oc1ccccc1. The van der Waals surface area contributed by atoms with E-state index in [1.165, 1.54) is 0 Å². The standard InChI is InChI=1S/C21H17Cl2NO2/c22-16-9-6-15(7-10-16)8-13-21(25)24-19-14-17(23)11-12-20(19)26-18-4-2-1-3-5-18/h1-7,9-12,14H,8,13H2,(H,24,25). The van der Waals surface area contributed by atoms with Crippen LogP contribution in [-0.2, 0) is 11.2 Å². The number of aryl methyl sites for hydroxylation is 1. The van der Waals surface area contributed by atoms with Crippen LogP contribution in [0.5, 0.6) is 11.5 Å². The fourth-order valence-electron chi connectivity index (χ4n) is 2.43. The van der Waals surface area contributed by atoms with Gasteiger partial charge in [0, 0.05) is 16.5 Å². The number of ether oxygens (including phenoxy) is 1. The van der Waals surface area contributed by atoms with E-state index in [1.807, 2.05) is 54.6 Å². The predicted molar refractivity (Wildman–Crippen MR) is 106 cm³/mol. The summed E-state index contributed by atoms with van der Waals surface area (Å²) in [5.74, 6) is 1.12. The summed E-state index contributed by atoms with van der Waals surface area (Å²) < 4.78 is 5.85. The maximum atomic E-state index is 12.3. The van der Waals surface area contributed by atoms with Crippen LogP contribution >= 0.6 is 23.2 Å². The van der Waals surface area contributed by atoms with Gasteiger partial charge in [-0.2, -0.15) is 0 Å². The van der Waals surface area contributed by atoms with Gasteiger partial charge in [0.05, 0.1) is 5.69 Å². The van der Waals surface area contributed by atoms with Crippen LogP contribution in [0.4, 0.5) is 5.69 Å². The van der Waals surface area contributed by atoms with Crippen LogP contribution in [-0.4, -0.2) is 5.91 Å². The quantitative estimate of drug-likeness (QED) is 0.536. The zero-order valence-electron chi connectivity index (χ0n) is 13.9. The Morgan fingerprint density at radius 2 is 1.58 bits per heavy atom. The number of halogens is 2. The van der Waals surface area contributed by atoms with Gasteiger partial charge in [0.1, 0.15) is 5.75 Å². The highest BCUT2D eigenvalue weighted by Gasteiger charge is 2.10. The third-order valence-corrected chi connectivity index (χ3v) is 4.23. The van der Waals surface area contributed by atoms with E-state index < -0.39 is 0 Å². The minimum Gasteiger partial charge on any atom is -0.455 e. The zero-order chi connectivity index (χ0) is 18.4. The van der Waals surface area contributed by atoms with E-state index in [0.717, 1.165) is 5.56 Å². The predicted octanol–water partition coefficient (Wildman–Crippen LogP) is 6.36. The van der Waals surface area contributed by atoms with Crippen LogP contribution in [0.3, 0.4) is 0 Å². The summed E-state index contributed by atoms with van der Waals surface area (Å²) in [7, 11) is 0. The fraction of sp³-hybridized carbons (Fsp3) is 0.0952. The van der Waals surface area contributed by atoms with Crippen molar-refractivity contribution in [1.29, 1.82) is 0 Å². The topological polar surface area (TPSA) is 38.3 Å². The molecule has 0 saturated heterocycles. The molecular formula is C21H17Cl2NO2. The molecule has 3 aromatic rings. The van der Waals surface area contributed by atoms with Crippen molar-refractivity contribution in [3.63, 3.8) is 0 Å². The summed E-state index contributed by atoms with van der Waals surface area (Å²) in [5, 5.41) is 4.09. The third kappa shape index (κ3) is 5.25. The molecule has 0 spiro atoms. The number of para-hydroxylation sites is 1. The molecule has 1 amide bonds. The second kappa shape index (κ2) is 8.75. The molecule has 0 saturated carbocycles. The summed E-state index contributed by atoms with van der Waals surface area (Å²) in [4.78, 5) is 12.3. The van der Waals surface area contributed by atoms with Crippen molar-refractivity contribution in [3.05, 3.63) is 88.4 Å². The number of benzene rings is 3. The number of hydrogen-bond acceptors (Lipinski definition) is 2. The van der Waals surface area contributed by atoms with E-state index in [-0.39, 0.29) is 5.91 Å². The molecule has 0 atom stereocenters. The first-order valence-electron chi connectivity index (χ1n) is 8.17. The van der Waals surface area contributed by atoms with Crippen molar-refractivity contribution in [2.45, 2.75) is 12.8 Å². The van der Waals surface area contributed by atoms with E-state index in [2.05, 4.69) is 5.32 Å². The van der Waals surface area contributed by atoms with Crippen molar-refractivity contribution in [1.82, 2.24) is 0 Å². The van der Waals surface area contributed by atoms with Gasteiger partial charge in [0.2, 0.25) is 5.91 Å². The van der Waals surface area contributed by atoms with E-state index in [1.54, 1.807) is 18.2 Å². The number of rotatable bonds is 6. The van der Waals surface area contributed by atoms with Gasteiger partial charge in [0.25, 0.3) is 0 Å². The van der Waals surface area contributed by atoms with Gasteiger partial charge in [-0.1, -0.05) is 53.5 Å². The largest absolute Gasteiger partial charge is 0.455 e. The molecule has 0 aromatic heterocycles. The molecule has 26 heavy (non-hydrogen) atoms. The Morgan fingerprint density at radius 1 is 0.885 bits per heavy atom. The Morgan fingerprint density at radius 3 is 2.31 bits per heavy atom. The van der Waals surface area contributed by atoms with Crippen molar-refractivity contribution < 1.29 is 9.53 Å². The Labute approximate surface area is 162 Å². The number of anilines is 1. The number of carbonyl (C=O) groups excluding carboxylic acids is 1. The Bertz CT molecular complexity index is 880. The second-order valence-corrected chi connectivity index (χ2v) is 6.60. The van der Waals surface area contributed by atoms with Gasteiger partial charge < -0.3 is 10.1 Å². The molecule has 0 aliphatic heterocycles. The lowest BCUT2D eigenvalue weighted by Crippen LogP contribution is -2.13. The molecule has 3 rings (SSSR count). The van der Waals surface area contributed by atoms with Crippen LogP contribution in [0.1, 0.15) is 12.0 Å². The van der Waals surface area contributed by atoms with E-state index in [9.17, 15) is 4.79 Å². The average molecular weight is 386 g/mol. The molecule has 0 radical (unpaired) electrons. The Kier molecular flexibility index (Phi) is 6.16. The summed E-state index contributed by atoms with van der Waals surface area (Å²) in [5.41, 5.74) is 1.60. The van der Waals surface area contributed by atoms with Crippen LogP contribution in [0.2, 0.25) is 10.0 Å². The maximum absolute atomic E-state index is 12.3. The maximum Gasteiger partial charge on any atom is 0.224 e. The number of carbonyl (C=O) groups is 1. The lowest BCUT2D eigenvalue weighted by molar-refractivity contribution is -0.116. The van der Waals surface area contributed by atoms with Crippen molar-refractivity contribution in [2.75, 3.05) is 5.32 Å². The minimum absolute atomic E-state index is 0.111. The Hall–Kier alpha value is -2.49. The molecule has 0 aliphatic carbocycles. The highest BCUT2D eigenvalue weighted by atomic mass is 35.5. The van der Waals surface area contributed by atoms with Crippen LogP contribution < -0.4 is 10.1 Å². The molecule has 132 valence electrons. The second-order valence-electron chi connectivity index (χ2n) is 5.73. The fourth-order valence-corrected chi connectivity index (χ4v) is 2.72. The highest BCUT2D eigenvalue weighted by molar-refractivity contribution is 6.31. The molecule has 0 bridgehead atoms. The minimum atomic E-state index is -0.111. The molecule has 0 fully saturated rings. The summed E-state index contributed by atoms with van der Waals surface area (Å²) >= 11 is 11.9.